The molecule has 0 heterocycles. The highest BCUT2D eigenvalue weighted by molar-refractivity contribution is 6.44. The average molecular weight is 309 g/mol. The van der Waals surface area contributed by atoms with Gasteiger partial charge in [-0.1, -0.05) is 47.5 Å². The lowest BCUT2D eigenvalue weighted by atomic mass is 10.1. The summed E-state index contributed by atoms with van der Waals surface area (Å²) in [5, 5.41) is 6.23. The summed E-state index contributed by atoms with van der Waals surface area (Å²) in [5.41, 5.74) is 3.26. The molecule has 0 bridgehead atoms. The number of anilines is 2. The number of benzene rings is 2. The predicted octanol–water partition coefficient (Wildman–Crippen LogP) is 5.25. The van der Waals surface area contributed by atoms with E-state index in [-0.39, 0.29) is 6.03 Å². The van der Waals surface area contributed by atoms with Crippen LogP contribution >= 0.6 is 23.2 Å². The normalized spacial score (nSPS) is 10.2. The number of hydrogen-bond acceptors (Lipinski definition) is 1. The first kappa shape index (κ1) is 14.7. The van der Waals surface area contributed by atoms with Crippen molar-refractivity contribution in [3.8, 4) is 0 Å². The number of halogens is 2. The van der Waals surface area contributed by atoms with Gasteiger partial charge in [0.25, 0.3) is 0 Å². The third kappa shape index (κ3) is 3.24. The second kappa shape index (κ2) is 6.16. The first-order valence-electron chi connectivity index (χ1n) is 6.07. The molecule has 2 N–H and O–H groups in total. The summed E-state index contributed by atoms with van der Waals surface area (Å²) in [4.78, 5) is 12.0. The zero-order chi connectivity index (χ0) is 14.7. The maximum Gasteiger partial charge on any atom is 0.323 e. The minimum absolute atomic E-state index is 0.325. The molecule has 0 fully saturated rings. The summed E-state index contributed by atoms with van der Waals surface area (Å²) < 4.78 is 0. The van der Waals surface area contributed by atoms with E-state index in [1.807, 2.05) is 32.0 Å². The van der Waals surface area contributed by atoms with Crippen molar-refractivity contribution in [1.29, 1.82) is 0 Å². The van der Waals surface area contributed by atoms with Crippen molar-refractivity contribution >= 4 is 40.6 Å². The fourth-order valence-electron chi connectivity index (χ4n) is 1.88. The lowest BCUT2D eigenvalue weighted by molar-refractivity contribution is 0.262. The molecule has 0 spiro atoms. The van der Waals surface area contributed by atoms with E-state index in [1.165, 1.54) is 0 Å². The molecule has 2 aromatic rings. The van der Waals surface area contributed by atoms with E-state index in [4.69, 9.17) is 23.2 Å². The molecule has 0 aromatic heterocycles. The quantitative estimate of drug-likeness (QED) is 0.781. The number of aryl methyl sites for hydroxylation is 2. The van der Waals surface area contributed by atoms with Crippen LogP contribution in [0.3, 0.4) is 0 Å². The summed E-state index contributed by atoms with van der Waals surface area (Å²) in [6.45, 7) is 3.88. The van der Waals surface area contributed by atoms with E-state index in [9.17, 15) is 4.79 Å². The van der Waals surface area contributed by atoms with Crippen molar-refractivity contribution in [2.75, 3.05) is 10.6 Å². The van der Waals surface area contributed by atoms with E-state index in [2.05, 4.69) is 10.6 Å². The van der Waals surface area contributed by atoms with Gasteiger partial charge < -0.3 is 10.6 Å². The highest BCUT2D eigenvalue weighted by atomic mass is 35.5. The van der Waals surface area contributed by atoms with E-state index >= 15 is 0 Å². The van der Waals surface area contributed by atoms with Gasteiger partial charge in [-0.3, -0.25) is 0 Å². The summed E-state index contributed by atoms with van der Waals surface area (Å²) in [6, 6.07) is 10.6. The van der Waals surface area contributed by atoms with Crippen LogP contribution in [-0.2, 0) is 0 Å². The predicted molar refractivity (Wildman–Crippen MR) is 85.0 cm³/mol. The molecule has 0 aliphatic heterocycles. The van der Waals surface area contributed by atoms with Crippen LogP contribution in [-0.4, -0.2) is 6.03 Å². The van der Waals surface area contributed by atoms with Gasteiger partial charge in [0.1, 0.15) is 0 Å². The van der Waals surface area contributed by atoms with Gasteiger partial charge in [0.15, 0.2) is 0 Å². The van der Waals surface area contributed by atoms with Gasteiger partial charge in [-0.25, -0.2) is 4.79 Å². The molecule has 0 saturated heterocycles. The van der Waals surface area contributed by atoms with Crippen molar-refractivity contribution in [1.82, 2.24) is 0 Å². The number of amides is 2. The van der Waals surface area contributed by atoms with E-state index in [1.54, 1.807) is 18.2 Å². The van der Waals surface area contributed by atoms with Gasteiger partial charge in [-0.2, -0.15) is 0 Å². The SMILES string of the molecule is Cc1cccc(C)c1NC(=O)Nc1cccc(Cl)c1Cl. The molecule has 0 atom stereocenters. The number of nitrogens with one attached hydrogen (secondary N) is 2. The number of para-hydroxylation sites is 1. The molecule has 20 heavy (non-hydrogen) atoms. The number of hydrogen-bond donors (Lipinski definition) is 2. The minimum Gasteiger partial charge on any atom is -0.307 e. The first-order valence-corrected chi connectivity index (χ1v) is 6.83. The average Bonchev–Trinajstić information content (AvgIpc) is 2.39. The molecule has 0 radical (unpaired) electrons. The lowest BCUT2D eigenvalue weighted by Gasteiger charge is -2.13. The first-order chi connectivity index (χ1) is 9.49. The van der Waals surface area contributed by atoms with Crippen LogP contribution in [0.1, 0.15) is 11.1 Å². The Morgan fingerprint density at radius 2 is 1.55 bits per heavy atom. The molecule has 2 amide bonds. The van der Waals surface area contributed by atoms with Gasteiger partial charge in [-0.15, -0.1) is 0 Å². The Bertz CT molecular complexity index is 636. The largest absolute Gasteiger partial charge is 0.323 e. The maximum absolute atomic E-state index is 12.0. The molecule has 2 aromatic carbocycles. The number of carbonyl (C=O) groups is 1. The number of carbonyl (C=O) groups excluding carboxylic acids is 1. The molecular formula is C15H14Cl2N2O. The second-order valence-corrected chi connectivity index (χ2v) is 5.23. The number of rotatable bonds is 2. The molecule has 0 aliphatic carbocycles. The Kier molecular flexibility index (Phi) is 4.53. The molecule has 5 heteroatoms. The smallest absolute Gasteiger partial charge is 0.307 e. The second-order valence-electron chi connectivity index (χ2n) is 4.45. The third-order valence-electron chi connectivity index (χ3n) is 2.92. The van der Waals surface area contributed by atoms with Gasteiger partial charge in [0.2, 0.25) is 0 Å². The van der Waals surface area contributed by atoms with Crippen LogP contribution in [0.2, 0.25) is 10.0 Å². The summed E-state index contributed by atoms with van der Waals surface area (Å²) in [7, 11) is 0. The standard InChI is InChI=1S/C15H14Cl2N2O/c1-9-5-3-6-10(2)14(9)19-15(20)18-12-8-4-7-11(16)13(12)17/h3-8H,1-2H3,(H2,18,19,20). The fourth-order valence-corrected chi connectivity index (χ4v) is 2.23. The lowest BCUT2D eigenvalue weighted by Crippen LogP contribution is -2.20. The van der Waals surface area contributed by atoms with Gasteiger partial charge in [-0.05, 0) is 37.1 Å². The van der Waals surface area contributed by atoms with Gasteiger partial charge >= 0.3 is 6.03 Å². The maximum atomic E-state index is 12.0. The van der Waals surface area contributed by atoms with Crippen molar-refractivity contribution in [2.24, 2.45) is 0 Å². The van der Waals surface area contributed by atoms with Gasteiger partial charge in [0, 0.05) is 5.69 Å². The van der Waals surface area contributed by atoms with E-state index in [0.29, 0.717) is 15.7 Å². The van der Waals surface area contributed by atoms with E-state index in [0.717, 1.165) is 16.8 Å². The Balaban J connectivity index is 2.16. The molecule has 0 saturated carbocycles. The molecule has 0 unspecified atom stereocenters. The van der Waals surface area contributed by atoms with Crippen molar-refractivity contribution < 1.29 is 4.79 Å². The van der Waals surface area contributed by atoms with Crippen molar-refractivity contribution in [2.45, 2.75) is 13.8 Å². The Morgan fingerprint density at radius 1 is 0.950 bits per heavy atom. The molecule has 3 nitrogen and oxygen atoms in total. The topological polar surface area (TPSA) is 41.1 Å². The Labute approximate surface area is 127 Å². The van der Waals surface area contributed by atoms with Crippen LogP contribution in [0, 0.1) is 13.8 Å². The monoisotopic (exact) mass is 308 g/mol. The van der Waals surface area contributed by atoms with E-state index < -0.39 is 0 Å². The van der Waals surface area contributed by atoms with Crippen LogP contribution in [0.25, 0.3) is 0 Å². The Morgan fingerprint density at radius 3 is 2.20 bits per heavy atom. The summed E-state index contributed by atoms with van der Waals surface area (Å²) in [5.74, 6) is 0. The van der Waals surface area contributed by atoms with Crippen molar-refractivity contribution in [3.05, 3.63) is 57.6 Å². The molecular weight excluding hydrogens is 295 g/mol. The highest BCUT2D eigenvalue weighted by Gasteiger charge is 2.10. The zero-order valence-corrected chi connectivity index (χ0v) is 12.6. The highest BCUT2D eigenvalue weighted by Crippen LogP contribution is 2.29. The van der Waals surface area contributed by atoms with Crippen molar-refractivity contribution in [3.63, 3.8) is 0 Å². The Hall–Kier alpha value is -1.71. The molecule has 0 aliphatic rings. The number of urea groups is 1. The van der Waals surface area contributed by atoms with Crippen LogP contribution in [0.15, 0.2) is 36.4 Å². The van der Waals surface area contributed by atoms with Gasteiger partial charge in [0.05, 0.1) is 15.7 Å². The third-order valence-corrected chi connectivity index (χ3v) is 3.74. The summed E-state index contributed by atoms with van der Waals surface area (Å²) >= 11 is 11.9. The minimum atomic E-state index is -0.355. The summed E-state index contributed by atoms with van der Waals surface area (Å²) in [6.07, 6.45) is 0. The molecule has 2 rings (SSSR count). The molecule has 104 valence electrons. The zero-order valence-electron chi connectivity index (χ0n) is 11.1. The van der Waals surface area contributed by atoms with Crippen LogP contribution < -0.4 is 10.6 Å². The van der Waals surface area contributed by atoms with Crippen LogP contribution in [0.4, 0.5) is 16.2 Å². The van der Waals surface area contributed by atoms with Crippen LogP contribution in [0.5, 0.6) is 0 Å². The fraction of sp³-hybridized carbons (Fsp3) is 0.133.